The van der Waals surface area contributed by atoms with Crippen LogP contribution in [0.1, 0.15) is 30.0 Å². The number of Topliss-reactive ketones (excluding diaryl/α,β-unsaturated/α-hetero) is 1. The minimum absolute atomic E-state index is 0.135. The van der Waals surface area contributed by atoms with Gasteiger partial charge in [0.25, 0.3) is 0 Å². The molecule has 0 aliphatic heterocycles. The molecule has 0 N–H and O–H groups in total. The molecule has 0 amide bonds. The lowest BCUT2D eigenvalue weighted by Crippen LogP contribution is -2.24. The fourth-order valence-corrected chi connectivity index (χ4v) is 2.08. The predicted octanol–water partition coefficient (Wildman–Crippen LogP) is 3.65. The van der Waals surface area contributed by atoms with Gasteiger partial charge in [0.2, 0.25) is 0 Å². The summed E-state index contributed by atoms with van der Waals surface area (Å²) in [5, 5.41) is 0. The van der Waals surface area contributed by atoms with Gasteiger partial charge in [-0.2, -0.15) is 0 Å². The number of nitrogens with zero attached hydrogens (tertiary/aromatic N) is 1. The molecular formula is C15H16FNO2. The summed E-state index contributed by atoms with van der Waals surface area (Å²) in [4.78, 5) is 13.5. The van der Waals surface area contributed by atoms with E-state index in [1.54, 1.807) is 24.5 Å². The normalized spacial score (nSPS) is 10.5. The summed E-state index contributed by atoms with van der Waals surface area (Å²) in [6, 6.07) is 8.34. The summed E-state index contributed by atoms with van der Waals surface area (Å²) >= 11 is 0. The topological polar surface area (TPSA) is 33.5 Å². The molecule has 0 bridgehead atoms. The summed E-state index contributed by atoms with van der Waals surface area (Å²) in [7, 11) is 0. The van der Waals surface area contributed by atoms with Crippen molar-refractivity contribution in [3.8, 4) is 0 Å². The average Bonchev–Trinajstić information content (AvgIpc) is 2.88. The molecular weight excluding hydrogens is 245 g/mol. The van der Waals surface area contributed by atoms with Crippen LogP contribution in [0.25, 0.3) is 0 Å². The fourth-order valence-electron chi connectivity index (χ4n) is 2.08. The van der Waals surface area contributed by atoms with Gasteiger partial charge in [0.1, 0.15) is 11.6 Å². The van der Waals surface area contributed by atoms with E-state index in [-0.39, 0.29) is 11.3 Å². The highest BCUT2D eigenvalue weighted by atomic mass is 19.1. The fraction of sp³-hybridized carbons (Fsp3) is 0.267. The molecule has 0 saturated heterocycles. The Morgan fingerprint density at radius 1 is 1.32 bits per heavy atom. The van der Waals surface area contributed by atoms with Crippen molar-refractivity contribution in [2.45, 2.75) is 20.4 Å². The van der Waals surface area contributed by atoms with E-state index in [4.69, 9.17) is 4.42 Å². The maximum atomic E-state index is 13.8. The minimum atomic E-state index is -0.483. The number of benzene rings is 1. The molecule has 4 heteroatoms. The molecule has 1 aromatic carbocycles. The highest BCUT2D eigenvalue weighted by Crippen LogP contribution is 2.25. The van der Waals surface area contributed by atoms with Crippen LogP contribution in [-0.4, -0.2) is 12.3 Å². The molecule has 0 radical (unpaired) electrons. The first-order valence-corrected chi connectivity index (χ1v) is 6.20. The van der Waals surface area contributed by atoms with Crippen molar-refractivity contribution >= 4 is 11.5 Å². The molecule has 1 aromatic heterocycles. The van der Waals surface area contributed by atoms with Gasteiger partial charge in [-0.15, -0.1) is 0 Å². The van der Waals surface area contributed by atoms with E-state index >= 15 is 0 Å². The summed E-state index contributed by atoms with van der Waals surface area (Å²) in [6.07, 6.45) is 1.60. The van der Waals surface area contributed by atoms with Gasteiger partial charge in [-0.25, -0.2) is 4.39 Å². The number of rotatable bonds is 5. The average molecular weight is 261 g/mol. The molecule has 100 valence electrons. The monoisotopic (exact) mass is 261 g/mol. The summed E-state index contributed by atoms with van der Waals surface area (Å²) in [5.74, 6) is 0.0227. The smallest absolute Gasteiger partial charge is 0.164 e. The first kappa shape index (κ1) is 13.3. The molecule has 2 aromatic rings. The molecule has 3 nitrogen and oxygen atoms in total. The zero-order chi connectivity index (χ0) is 13.8. The second kappa shape index (κ2) is 5.69. The van der Waals surface area contributed by atoms with Crippen LogP contribution in [0.2, 0.25) is 0 Å². The Balaban J connectivity index is 2.38. The minimum Gasteiger partial charge on any atom is -0.467 e. The summed E-state index contributed by atoms with van der Waals surface area (Å²) in [5.41, 5.74) is 0.738. The molecule has 0 atom stereocenters. The third-order valence-corrected chi connectivity index (χ3v) is 2.99. The van der Waals surface area contributed by atoms with Crippen LogP contribution in [0.5, 0.6) is 0 Å². The highest BCUT2D eigenvalue weighted by molar-refractivity contribution is 6.00. The van der Waals surface area contributed by atoms with E-state index in [0.717, 1.165) is 5.76 Å². The van der Waals surface area contributed by atoms with Crippen molar-refractivity contribution in [3.63, 3.8) is 0 Å². The van der Waals surface area contributed by atoms with Crippen molar-refractivity contribution in [2.75, 3.05) is 11.4 Å². The molecule has 0 aliphatic carbocycles. The van der Waals surface area contributed by atoms with Crippen LogP contribution in [0.15, 0.2) is 41.0 Å². The standard InChI is InChI=1S/C15H16FNO2/c1-3-17(10-12-6-5-9-19-12)14-8-4-7-13(16)15(14)11(2)18/h4-9H,3,10H2,1-2H3. The van der Waals surface area contributed by atoms with E-state index < -0.39 is 5.82 Å². The van der Waals surface area contributed by atoms with Gasteiger partial charge >= 0.3 is 0 Å². The maximum absolute atomic E-state index is 13.8. The molecule has 0 unspecified atom stereocenters. The van der Waals surface area contributed by atoms with Gasteiger partial charge in [0.05, 0.1) is 24.1 Å². The number of carbonyl (C=O) groups is 1. The second-order valence-electron chi connectivity index (χ2n) is 4.28. The summed E-state index contributed by atoms with van der Waals surface area (Å²) < 4.78 is 19.1. The molecule has 0 aliphatic rings. The van der Waals surface area contributed by atoms with Crippen LogP contribution in [0, 0.1) is 5.82 Å². The van der Waals surface area contributed by atoms with Gasteiger partial charge < -0.3 is 9.32 Å². The third kappa shape index (κ3) is 2.84. The third-order valence-electron chi connectivity index (χ3n) is 2.99. The van der Waals surface area contributed by atoms with Crippen molar-refractivity contribution in [1.82, 2.24) is 0 Å². The molecule has 0 spiro atoms. The molecule has 1 heterocycles. The van der Waals surface area contributed by atoms with Crippen LogP contribution >= 0.6 is 0 Å². The second-order valence-corrected chi connectivity index (χ2v) is 4.28. The number of hydrogen-bond donors (Lipinski definition) is 0. The van der Waals surface area contributed by atoms with E-state index in [1.165, 1.54) is 13.0 Å². The Morgan fingerprint density at radius 3 is 2.68 bits per heavy atom. The van der Waals surface area contributed by atoms with E-state index in [2.05, 4.69) is 0 Å². The lowest BCUT2D eigenvalue weighted by molar-refractivity contribution is 0.101. The van der Waals surface area contributed by atoms with Crippen LogP contribution in [0.4, 0.5) is 10.1 Å². The van der Waals surface area contributed by atoms with Gasteiger partial charge in [0, 0.05) is 6.54 Å². The molecule has 19 heavy (non-hydrogen) atoms. The van der Waals surface area contributed by atoms with Crippen molar-refractivity contribution < 1.29 is 13.6 Å². The number of anilines is 1. The highest BCUT2D eigenvalue weighted by Gasteiger charge is 2.17. The van der Waals surface area contributed by atoms with Gasteiger partial charge in [-0.3, -0.25) is 4.79 Å². The number of furan rings is 1. The van der Waals surface area contributed by atoms with Crippen LogP contribution in [-0.2, 0) is 6.54 Å². The lowest BCUT2D eigenvalue weighted by Gasteiger charge is -2.24. The van der Waals surface area contributed by atoms with Crippen molar-refractivity contribution in [1.29, 1.82) is 0 Å². The first-order valence-electron chi connectivity index (χ1n) is 6.20. The van der Waals surface area contributed by atoms with Crippen LogP contribution in [0.3, 0.4) is 0 Å². The Labute approximate surface area is 111 Å². The zero-order valence-corrected chi connectivity index (χ0v) is 11.0. The molecule has 0 fully saturated rings. The Kier molecular flexibility index (Phi) is 4.00. The lowest BCUT2D eigenvalue weighted by atomic mass is 10.1. The maximum Gasteiger partial charge on any atom is 0.164 e. The molecule has 2 rings (SSSR count). The Hall–Kier alpha value is -2.10. The number of hydrogen-bond acceptors (Lipinski definition) is 3. The van der Waals surface area contributed by atoms with Crippen molar-refractivity contribution in [2.24, 2.45) is 0 Å². The van der Waals surface area contributed by atoms with E-state index in [1.807, 2.05) is 17.9 Å². The Morgan fingerprint density at radius 2 is 2.11 bits per heavy atom. The SMILES string of the molecule is CCN(Cc1ccco1)c1cccc(F)c1C(C)=O. The zero-order valence-electron chi connectivity index (χ0n) is 11.0. The number of halogens is 1. The molecule has 0 saturated carbocycles. The van der Waals surface area contributed by atoms with Gasteiger partial charge in [-0.1, -0.05) is 6.07 Å². The Bertz CT molecular complexity index is 564. The van der Waals surface area contributed by atoms with Gasteiger partial charge in [-0.05, 0) is 38.1 Å². The largest absolute Gasteiger partial charge is 0.467 e. The predicted molar refractivity (Wildman–Crippen MR) is 71.8 cm³/mol. The summed E-state index contributed by atoms with van der Waals surface area (Å²) in [6.45, 7) is 4.50. The van der Waals surface area contributed by atoms with E-state index in [0.29, 0.717) is 18.8 Å². The first-order chi connectivity index (χ1) is 9.13. The number of carbonyl (C=O) groups excluding carboxylic acids is 1. The quantitative estimate of drug-likeness (QED) is 0.770. The van der Waals surface area contributed by atoms with E-state index in [9.17, 15) is 9.18 Å². The van der Waals surface area contributed by atoms with Crippen LogP contribution < -0.4 is 4.90 Å². The van der Waals surface area contributed by atoms with Gasteiger partial charge in [0.15, 0.2) is 5.78 Å². The number of ketones is 1. The van der Waals surface area contributed by atoms with Crippen molar-refractivity contribution in [3.05, 3.63) is 53.7 Å².